The van der Waals surface area contributed by atoms with Crippen molar-refractivity contribution in [2.75, 3.05) is 13.7 Å². The van der Waals surface area contributed by atoms with Crippen LogP contribution in [-0.4, -0.2) is 36.9 Å². The standard InChI is InChI=1S/C16H20O6.2ClH.Zn/c1-3-10-21-16(19)14(17)8-9-15(18)22-11-12-4-6-13(20-2)7-5-12;;;/h3-7,14,17H,1,8-11H2,2H3;2*1H;/q;;;+2/p-2. The van der Waals surface area contributed by atoms with Crippen LogP contribution in [0.1, 0.15) is 18.4 Å². The van der Waals surface area contributed by atoms with Gasteiger partial charge >= 0.3 is 31.4 Å². The van der Waals surface area contributed by atoms with Crippen LogP contribution in [0.25, 0.3) is 0 Å². The van der Waals surface area contributed by atoms with Gasteiger partial charge < -0.3 is 44.1 Å². The number of aliphatic hydroxyl groups excluding tert-OH is 1. The molecule has 0 amide bonds. The van der Waals surface area contributed by atoms with Crippen LogP contribution in [0.3, 0.4) is 0 Å². The number of carbonyl (C=O) groups is 2. The van der Waals surface area contributed by atoms with Gasteiger partial charge in [-0.3, -0.25) is 4.79 Å². The van der Waals surface area contributed by atoms with Crippen LogP contribution < -0.4 is 29.6 Å². The molecule has 0 aliphatic heterocycles. The molecule has 0 radical (unpaired) electrons. The van der Waals surface area contributed by atoms with Crippen LogP contribution in [0.4, 0.5) is 0 Å². The third kappa shape index (κ3) is 11.9. The van der Waals surface area contributed by atoms with E-state index in [9.17, 15) is 14.7 Å². The van der Waals surface area contributed by atoms with Gasteiger partial charge in [-0.15, -0.1) is 0 Å². The van der Waals surface area contributed by atoms with Crippen molar-refractivity contribution >= 4 is 11.9 Å². The number of methoxy groups -OCH3 is 1. The summed E-state index contributed by atoms with van der Waals surface area (Å²) in [5.41, 5.74) is 0.820. The van der Waals surface area contributed by atoms with E-state index in [4.69, 9.17) is 9.47 Å². The molecule has 1 rings (SSSR count). The van der Waals surface area contributed by atoms with Gasteiger partial charge in [-0.05, 0) is 24.1 Å². The zero-order valence-electron chi connectivity index (χ0n) is 14.0. The summed E-state index contributed by atoms with van der Waals surface area (Å²) in [6, 6.07) is 7.10. The zero-order valence-corrected chi connectivity index (χ0v) is 18.4. The molecule has 25 heavy (non-hydrogen) atoms. The maximum absolute atomic E-state index is 11.6. The smallest absolute Gasteiger partial charge is 1.00 e. The molecule has 0 heterocycles. The minimum atomic E-state index is -1.34. The average Bonchev–Trinajstić information content (AvgIpc) is 2.55. The summed E-state index contributed by atoms with van der Waals surface area (Å²) in [4.78, 5) is 22.8. The second-order valence-corrected chi connectivity index (χ2v) is 4.48. The molecular formula is C16H20Cl2O6Zn. The average molecular weight is 445 g/mol. The fraction of sp³-hybridized carbons (Fsp3) is 0.375. The van der Waals surface area contributed by atoms with E-state index in [0.29, 0.717) is 0 Å². The van der Waals surface area contributed by atoms with E-state index in [1.165, 1.54) is 6.08 Å². The molecule has 1 aromatic carbocycles. The molecule has 9 heteroatoms. The SMILES string of the molecule is C=CCOC(=O)C(O)CCC(=O)OCc1ccc(OC)cc1.[Cl-].[Cl-].[Zn+2]. The molecule has 1 atom stereocenters. The Hall–Kier alpha value is -1.14. The molecule has 0 spiro atoms. The Morgan fingerprint density at radius 3 is 2.32 bits per heavy atom. The molecule has 0 saturated carbocycles. The van der Waals surface area contributed by atoms with Crippen LogP contribution in [0.2, 0.25) is 0 Å². The van der Waals surface area contributed by atoms with E-state index in [1.54, 1.807) is 31.4 Å². The summed E-state index contributed by atoms with van der Waals surface area (Å²) >= 11 is 0. The fourth-order valence-electron chi connectivity index (χ4n) is 1.57. The van der Waals surface area contributed by atoms with Crippen molar-refractivity contribution in [1.82, 2.24) is 0 Å². The number of benzene rings is 1. The van der Waals surface area contributed by atoms with Gasteiger partial charge in [0.15, 0.2) is 6.10 Å². The largest absolute Gasteiger partial charge is 2.00 e. The summed E-state index contributed by atoms with van der Waals surface area (Å²) in [7, 11) is 1.57. The Kier molecular flexibility index (Phi) is 18.7. The number of hydrogen-bond donors (Lipinski definition) is 1. The van der Waals surface area contributed by atoms with Gasteiger partial charge in [0.1, 0.15) is 19.0 Å². The van der Waals surface area contributed by atoms with Gasteiger partial charge in [-0.2, -0.15) is 0 Å². The zero-order chi connectivity index (χ0) is 16.4. The maximum atomic E-state index is 11.6. The molecular weight excluding hydrogens is 424 g/mol. The number of ether oxygens (including phenoxy) is 3. The number of rotatable bonds is 9. The van der Waals surface area contributed by atoms with Gasteiger partial charge in [-0.25, -0.2) is 4.79 Å². The Bertz CT molecular complexity index is 510. The van der Waals surface area contributed by atoms with Crippen LogP contribution >= 0.6 is 0 Å². The summed E-state index contributed by atoms with van der Waals surface area (Å²) in [6.45, 7) is 3.54. The molecule has 0 aromatic heterocycles. The Morgan fingerprint density at radius 1 is 1.20 bits per heavy atom. The topological polar surface area (TPSA) is 82.1 Å². The van der Waals surface area contributed by atoms with E-state index in [-0.39, 0.29) is 70.3 Å². The van der Waals surface area contributed by atoms with Crippen LogP contribution in [0.5, 0.6) is 5.75 Å². The van der Waals surface area contributed by atoms with Crippen molar-refractivity contribution in [2.24, 2.45) is 0 Å². The second-order valence-electron chi connectivity index (χ2n) is 4.48. The first-order chi connectivity index (χ1) is 10.6. The number of halogens is 2. The van der Waals surface area contributed by atoms with Crippen molar-refractivity contribution in [3.05, 3.63) is 42.5 Å². The van der Waals surface area contributed by atoms with Gasteiger partial charge in [0, 0.05) is 6.42 Å². The molecule has 136 valence electrons. The quantitative estimate of drug-likeness (QED) is 0.235. The van der Waals surface area contributed by atoms with Crippen molar-refractivity contribution < 1.29 is 73.2 Å². The summed E-state index contributed by atoms with van der Waals surface area (Å²) in [5, 5.41) is 9.51. The van der Waals surface area contributed by atoms with Gasteiger partial charge in [-0.1, -0.05) is 24.8 Å². The molecule has 1 unspecified atom stereocenters. The first-order valence-corrected chi connectivity index (χ1v) is 6.81. The molecule has 0 aliphatic rings. The first kappa shape index (κ1) is 28.7. The van der Waals surface area contributed by atoms with Crippen molar-refractivity contribution in [3.8, 4) is 5.75 Å². The Labute approximate surface area is 172 Å². The second kappa shape index (κ2) is 16.3. The maximum Gasteiger partial charge on any atom is 2.00 e. The predicted octanol–water partition coefficient (Wildman–Crippen LogP) is -4.39. The summed E-state index contributed by atoms with van der Waals surface area (Å²) in [5.74, 6) is -0.550. The van der Waals surface area contributed by atoms with Crippen LogP contribution in [-0.2, 0) is 45.1 Å². The van der Waals surface area contributed by atoms with E-state index >= 15 is 0 Å². The number of hydrogen-bond acceptors (Lipinski definition) is 6. The summed E-state index contributed by atoms with van der Waals surface area (Å²) in [6.07, 6.45) is -0.0560. The molecule has 1 aromatic rings. The van der Waals surface area contributed by atoms with E-state index in [2.05, 4.69) is 11.3 Å². The minimum Gasteiger partial charge on any atom is -1.00 e. The van der Waals surface area contributed by atoms with Crippen molar-refractivity contribution in [2.45, 2.75) is 25.6 Å². The molecule has 0 fully saturated rings. The third-order valence-electron chi connectivity index (χ3n) is 2.80. The predicted molar refractivity (Wildman–Crippen MR) is 79.2 cm³/mol. The number of carbonyl (C=O) groups excluding carboxylic acids is 2. The fourth-order valence-corrected chi connectivity index (χ4v) is 1.57. The summed E-state index contributed by atoms with van der Waals surface area (Å²) < 4.78 is 14.7. The molecule has 0 bridgehead atoms. The van der Waals surface area contributed by atoms with E-state index in [0.717, 1.165) is 11.3 Å². The van der Waals surface area contributed by atoms with E-state index < -0.39 is 18.0 Å². The molecule has 0 saturated heterocycles. The first-order valence-electron chi connectivity index (χ1n) is 6.81. The molecule has 0 aliphatic carbocycles. The van der Waals surface area contributed by atoms with Gasteiger partial charge in [0.05, 0.1) is 7.11 Å². The normalized spacial score (nSPS) is 10.0. The van der Waals surface area contributed by atoms with E-state index in [1.807, 2.05) is 0 Å². The van der Waals surface area contributed by atoms with Crippen LogP contribution in [0, 0.1) is 0 Å². The Morgan fingerprint density at radius 2 is 1.80 bits per heavy atom. The monoisotopic (exact) mass is 442 g/mol. The number of esters is 2. The van der Waals surface area contributed by atoms with Gasteiger partial charge in [0.2, 0.25) is 0 Å². The third-order valence-corrected chi connectivity index (χ3v) is 2.80. The molecule has 1 N–H and O–H groups in total. The number of aliphatic hydroxyl groups is 1. The minimum absolute atomic E-state index is 0. The van der Waals surface area contributed by atoms with Crippen molar-refractivity contribution in [1.29, 1.82) is 0 Å². The molecule has 6 nitrogen and oxygen atoms in total. The van der Waals surface area contributed by atoms with Crippen LogP contribution in [0.15, 0.2) is 36.9 Å². The van der Waals surface area contributed by atoms with Gasteiger partial charge in [0.25, 0.3) is 0 Å². The Balaban J connectivity index is -0.00000161. The van der Waals surface area contributed by atoms with Crippen molar-refractivity contribution in [3.63, 3.8) is 0 Å².